The van der Waals surface area contributed by atoms with Gasteiger partial charge in [0.25, 0.3) is 0 Å². The van der Waals surface area contributed by atoms with E-state index in [0.717, 1.165) is 76.1 Å². The summed E-state index contributed by atoms with van der Waals surface area (Å²) in [6.07, 6.45) is 10.4. The topological polar surface area (TPSA) is 58.6 Å². The van der Waals surface area contributed by atoms with E-state index in [9.17, 15) is 4.79 Å². The largest absolute Gasteiger partial charge is 0.298 e. The van der Waals surface area contributed by atoms with E-state index >= 15 is 0 Å². The van der Waals surface area contributed by atoms with Crippen molar-refractivity contribution in [2.24, 2.45) is 11.3 Å². The summed E-state index contributed by atoms with van der Waals surface area (Å²) in [6.45, 7) is 6.29. The summed E-state index contributed by atoms with van der Waals surface area (Å²) >= 11 is 0. The highest BCUT2D eigenvalue weighted by molar-refractivity contribution is 5.79. The zero-order chi connectivity index (χ0) is 17.3. The molecular weight excluding hydrogens is 316 g/mol. The molecule has 4 rings (SSSR count). The quantitative estimate of drug-likeness (QED) is 0.842. The molecule has 6 nitrogen and oxygen atoms in total. The molecule has 1 saturated carbocycles. The summed E-state index contributed by atoms with van der Waals surface area (Å²) in [5, 5.41) is 1.66. The number of rotatable bonds is 3. The molecule has 0 N–H and O–H groups in total. The van der Waals surface area contributed by atoms with Crippen LogP contribution in [0.5, 0.6) is 0 Å². The second-order valence-corrected chi connectivity index (χ2v) is 7.89. The van der Waals surface area contributed by atoms with Gasteiger partial charge in [-0.2, -0.15) is 0 Å². The van der Waals surface area contributed by atoms with Crippen LogP contribution < -0.4 is 0 Å². The van der Waals surface area contributed by atoms with Crippen molar-refractivity contribution in [2.45, 2.75) is 52.0 Å². The third-order valence-corrected chi connectivity index (χ3v) is 6.16. The molecule has 1 aromatic heterocycles. The number of hydrogen-bond acceptors (Lipinski definition) is 5. The highest BCUT2D eigenvalue weighted by Crippen LogP contribution is 2.50. The van der Waals surface area contributed by atoms with Crippen LogP contribution in [0.4, 0.5) is 0 Å². The Bertz CT molecular complexity index is 614. The fourth-order valence-corrected chi connectivity index (χ4v) is 4.84. The summed E-state index contributed by atoms with van der Waals surface area (Å²) in [5.41, 5.74) is 1.30. The zero-order valence-electron chi connectivity index (χ0n) is 15.1. The Balaban J connectivity index is 1.42. The Morgan fingerprint density at radius 1 is 1.24 bits per heavy atom. The lowest BCUT2D eigenvalue weighted by atomic mass is 9.76. The first-order valence-electron chi connectivity index (χ1n) is 9.60. The van der Waals surface area contributed by atoms with Crippen molar-refractivity contribution in [1.29, 1.82) is 0 Å². The molecule has 1 spiro atoms. The maximum absolute atomic E-state index is 13.0. The Kier molecular flexibility index (Phi) is 4.73. The maximum Gasteiger partial charge on any atom is 0.249 e. The SMILES string of the molecule is Cc1ncc(CN2CCC3(CCCC3C(=O)N3CCCCO3)C2)cn1. The van der Waals surface area contributed by atoms with Crippen LogP contribution in [0.1, 0.15) is 49.9 Å². The van der Waals surface area contributed by atoms with E-state index in [0.29, 0.717) is 6.61 Å². The average molecular weight is 344 g/mol. The second kappa shape index (κ2) is 7.00. The first-order valence-corrected chi connectivity index (χ1v) is 9.60. The lowest BCUT2D eigenvalue weighted by molar-refractivity contribution is -0.204. The highest BCUT2D eigenvalue weighted by Gasteiger charge is 2.51. The molecule has 0 radical (unpaired) electrons. The minimum Gasteiger partial charge on any atom is -0.298 e. The number of aromatic nitrogens is 2. The minimum absolute atomic E-state index is 0.130. The van der Waals surface area contributed by atoms with Crippen molar-refractivity contribution in [3.8, 4) is 0 Å². The van der Waals surface area contributed by atoms with Crippen molar-refractivity contribution in [1.82, 2.24) is 19.9 Å². The summed E-state index contributed by atoms with van der Waals surface area (Å²) < 4.78 is 0. The van der Waals surface area contributed by atoms with Crippen LogP contribution >= 0.6 is 0 Å². The predicted molar refractivity (Wildman–Crippen MR) is 93.3 cm³/mol. The van der Waals surface area contributed by atoms with E-state index in [1.165, 1.54) is 0 Å². The summed E-state index contributed by atoms with van der Waals surface area (Å²) in [5.74, 6) is 1.17. The van der Waals surface area contributed by atoms with Crippen LogP contribution in [0, 0.1) is 18.3 Å². The fourth-order valence-electron chi connectivity index (χ4n) is 4.84. The molecule has 1 amide bonds. The van der Waals surface area contributed by atoms with Gasteiger partial charge in [-0.25, -0.2) is 15.0 Å². The van der Waals surface area contributed by atoms with Gasteiger partial charge in [-0.15, -0.1) is 0 Å². The smallest absolute Gasteiger partial charge is 0.249 e. The molecule has 0 aromatic carbocycles. The van der Waals surface area contributed by atoms with Crippen molar-refractivity contribution in [2.75, 3.05) is 26.2 Å². The lowest BCUT2D eigenvalue weighted by Gasteiger charge is -2.35. The molecule has 2 aliphatic heterocycles. The van der Waals surface area contributed by atoms with Crippen LogP contribution in [0.3, 0.4) is 0 Å². The Hall–Kier alpha value is -1.53. The van der Waals surface area contributed by atoms with E-state index in [4.69, 9.17) is 4.84 Å². The summed E-state index contributed by atoms with van der Waals surface area (Å²) in [4.78, 5) is 29.7. The van der Waals surface area contributed by atoms with E-state index in [2.05, 4.69) is 14.9 Å². The number of nitrogens with zero attached hydrogens (tertiary/aromatic N) is 4. The zero-order valence-corrected chi connectivity index (χ0v) is 15.1. The van der Waals surface area contributed by atoms with Gasteiger partial charge in [-0.3, -0.25) is 14.5 Å². The molecule has 1 aliphatic carbocycles. The highest BCUT2D eigenvalue weighted by atomic mass is 16.7. The monoisotopic (exact) mass is 344 g/mol. The maximum atomic E-state index is 13.0. The standard InChI is InChI=1S/C19H28N4O2/c1-15-20-11-16(12-21-15)13-22-9-7-19(14-22)6-4-5-17(19)18(24)23-8-2-3-10-25-23/h11-12,17H,2-10,13-14H2,1H3. The number of likely N-dealkylation sites (tertiary alicyclic amines) is 1. The molecule has 3 fully saturated rings. The number of aryl methyl sites for hydroxylation is 1. The molecule has 3 aliphatic rings. The molecule has 6 heteroatoms. The molecule has 2 saturated heterocycles. The van der Waals surface area contributed by atoms with E-state index in [1.54, 1.807) is 5.06 Å². The van der Waals surface area contributed by atoms with Gasteiger partial charge in [0.2, 0.25) is 5.91 Å². The van der Waals surface area contributed by atoms with Crippen LogP contribution in [-0.4, -0.2) is 52.1 Å². The van der Waals surface area contributed by atoms with Gasteiger partial charge in [-0.05, 0) is 51.0 Å². The van der Waals surface area contributed by atoms with Gasteiger partial charge in [-0.1, -0.05) is 6.42 Å². The van der Waals surface area contributed by atoms with Crippen molar-refractivity contribution in [3.05, 3.63) is 23.8 Å². The van der Waals surface area contributed by atoms with E-state index in [-0.39, 0.29) is 17.2 Å². The first kappa shape index (κ1) is 16.9. The fraction of sp³-hybridized carbons (Fsp3) is 0.737. The summed E-state index contributed by atoms with van der Waals surface area (Å²) in [6, 6.07) is 0. The van der Waals surface area contributed by atoms with E-state index < -0.39 is 0 Å². The van der Waals surface area contributed by atoms with Crippen molar-refractivity contribution >= 4 is 5.91 Å². The Morgan fingerprint density at radius 2 is 2.08 bits per heavy atom. The number of carbonyl (C=O) groups excluding carboxylic acids is 1. The third-order valence-electron chi connectivity index (χ3n) is 6.16. The molecule has 2 unspecified atom stereocenters. The third kappa shape index (κ3) is 3.42. The average Bonchev–Trinajstić information content (AvgIpc) is 3.24. The van der Waals surface area contributed by atoms with E-state index in [1.807, 2.05) is 19.3 Å². The molecule has 0 bridgehead atoms. The van der Waals surface area contributed by atoms with Crippen LogP contribution in [-0.2, 0) is 16.2 Å². The molecule has 3 heterocycles. The van der Waals surface area contributed by atoms with Gasteiger partial charge in [0, 0.05) is 43.5 Å². The van der Waals surface area contributed by atoms with Crippen LogP contribution in [0.2, 0.25) is 0 Å². The number of carbonyl (C=O) groups is 1. The molecule has 1 aromatic rings. The lowest BCUT2D eigenvalue weighted by Crippen LogP contribution is -2.45. The molecule has 136 valence electrons. The summed E-state index contributed by atoms with van der Waals surface area (Å²) in [7, 11) is 0. The number of hydrogen-bond donors (Lipinski definition) is 0. The number of amides is 1. The van der Waals surface area contributed by atoms with Gasteiger partial charge in [0.05, 0.1) is 6.61 Å². The molecule has 2 atom stereocenters. The molecular formula is C19H28N4O2. The normalized spacial score (nSPS) is 30.3. The second-order valence-electron chi connectivity index (χ2n) is 7.89. The van der Waals surface area contributed by atoms with Crippen molar-refractivity contribution in [3.63, 3.8) is 0 Å². The van der Waals surface area contributed by atoms with Gasteiger partial charge < -0.3 is 0 Å². The van der Waals surface area contributed by atoms with Gasteiger partial charge in [0.1, 0.15) is 5.82 Å². The first-order chi connectivity index (χ1) is 12.2. The van der Waals surface area contributed by atoms with Crippen LogP contribution in [0.25, 0.3) is 0 Å². The van der Waals surface area contributed by atoms with Crippen LogP contribution in [0.15, 0.2) is 12.4 Å². The van der Waals surface area contributed by atoms with Crippen molar-refractivity contribution < 1.29 is 9.63 Å². The number of hydroxylamine groups is 2. The molecule has 25 heavy (non-hydrogen) atoms. The van der Waals surface area contributed by atoms with Gasteiger partial charge in [0.15, 0.2) is 0 Å². The predicted octanol–water partition coefficient (Wildman–Crippen LogP) is 2.33. The minimum atomic E-state index is 0.130. The Labute approximate surface area is 149 Å². The van der Waals surface area contributed by atoms with Gasteiger partial charge >= 0.3 is 0 Å². The Morgan fingerprint density at radius 3 is 2.84 bits per heavy atom.